The van der Waals surface area contributed by atoms with Crippen LogP contribution in [0.4, 0.5) is 0 Å². The smallest absolute Gasteiger partial charge is 0.0162 e. The van der Waals surface area contributed by atoms with Gasteiger partial charge in [-0.15, -0.1) is 69.1 Å². The van der Waals surface area contributed by atoms with Crippen LogP contribution in [0.2, 0.25) is 13.1 Å². The van der Waals surface area contributed by atoms with E-state index in [2.05, 4.69) is 164 Å². The van der Waals surface area contributed by atoms with Gasteiger partial charge in [0.25, 0.3) is 0 Å². The second-order valence-corrected chi connectivity index (χ2v) is 24.8. The maximum Gasteiger partial charge on any atom is -0.0162 e. The quantitative estimate of drug-likeness (QED) is 0.125. The standard InChI is InChI=1S/C22H23.C22H25.C2H6Si.2ClH.Zr/c1-16-14-20-8-5-9-21(22(20)15-16)19-12-10-18(11-13-19)17-6-3-2-4-7-17;1-15(2)18-13-17-7-6-8-20(21(17)14-18)16-9-11-19(12-10-16)22(3,4)5;1-3-2;;;/h5,8-15,17H,2-4,6-7H2,1H3;6-15H,1-5H3;1-2H3;2*1H;/q2*-1;;;;+2/p-2. The van der Waals surface area contributed by atoms with E-state index in [1.165, 1.54) is 98.2 Å². The van der Waals surface area contributed by atoms with Gasteiger partial charge in [0.05, 0.1) is 0 Å². The van der Waals surface area contributed by atoms with E-state index in [9.17, 15) is 0 Å². The van der Waals surface area contributed by atoms with Crippen molar-refractivity contribution in [2.75, 3.05) is 0 Å². The molecule has 0 N–H and O–H groups in total. The van der Waals surface area contributed by atoms with Crippen LogP contribution >= 0.6 is 0 Å². The number of hydrogen-bond acceptors (Lipinski definition) is 0. The van der Waals surface area contributed by atoms with Gasteiger partial charge < -0.3 is 24.8 Å². The maximum atomic E-state index is 2.36. The van der Waals surface area contributed by atoms with E-state index in [4.69, 9.17) is 0 Å². The number of rotatable bonds is 4. The van der Waals surface area contributed by atoms with Crippen molar-refractivity contribution in [3.8, 4) is 22.3 Å². The minimum absolute atomic E-state index is 0. The third-order valence-electron chi connectivity index (χ3n) is 9.69. The Morgan fingerprint density at radius 1 is 0.680 bits per heavy atom. The maximum absolute atomic E-state index is 2.36. The van der Waals surface area contributed by atoms with E-state index in [0.29, 0.717) is 5.92 Å². The Labute approximate surface area is 330 Å². The average Bonchev–Trinajstić information content (AvgIpc) is 3.68. The van der Waals surface area contributed by atoms with Gasteiger partial charge >= 0.3 is 41.9 Å². The number of halogens is 2. The molecule has 7 rings (SSSR count). The third kappa shape index (κ3) is 10.9. The fourth-order valence-corrected chi connectivity index (χ4v) is 7.00. The number of hydrogen-bond donors (Lipinski definition) is 0. The summed E-state index contributed by atoms with van der Waals surface area (Å²) in [5.41, 5.74) is 11.5. The van der Waals surface area contributed by atoms with Crippen molar-refractivity contribution >= 4 is 27.0 Å². The summed E-state index contributed by atoms with van der Waals surface area (Å²) in [6.45, 7) is 18.1. The predicted octanol–water partition coefficient (Wildman–Crippen LogP) is 8.02. The summed E-state index contributed by atoms with van der Waals surface area (Å²) in [6.07, 6.45) is 6.97. The first-order chi connectivity index (χ1) is 22.9. The molecule has 4 heteroatoms. The van der Waals surface area contributed by atoms with E-state index < -0.39 is 0 Å². The van der Waals surface area contributed by atoms with Gasteiger partial charge in [0, 0.05) is 0 Å². The molecule has 0 aromatic heterocycles. The average molecular weight is 797 g/mol. The summed E-state index contributed by atoms with van der Waals surface area (Å²) < 4.78 is 0. The first kappa shape index (κ1) is 42.2. The van der Waals surface area contributed by atoms with Crippen molar-refractivity contribution in [2.24, 2.45) is 0 Å². The van der Waals surface area contributed by atoms with Crippen LogP contribution in [0.25, 0.3) is 43.8 Å². The first-order valence-corrected chi connectivity index (χ1v) is 24.2. The van der Waals surface area contributed by atoms with Crippen molar-refractivity contribution in [3.05, 3.63) is 131 Å². The molecule has 0 radical (unpaired) electrons. The molecule has 0 nitrogen and oxygen atoms in total. The zero-order valence-electron chi connectivity index (χ0n) is 31.3. The van der Waals surface area contributed by atoms with Crippen LogP contribution < -0.4 is 24.8 Å². The van der Waals surface area contributed by atoms with Gasteiger partial charge in [-0.3, -0.25) is 0 Å². The van der Waals surface area contributed by atoms with Crippen LogP contribution in [0.1, 0.15) is 101 Å². The molecule has 262 valence electrons. The van der Waals surface area contributed by atoms with Gasteiger partial charge in [-0.1, -0.05) is 133 Å². The van der Waals surface area contributed by atoms with E-state index in [0.717, 1.165) is 5.92 Å². The normalized spacial score (nSPS) is 13.1. The van der Waals surface area contributed by atoms with Gasteiger partial charge in [0.1, 0.15) is 0 Å². The Balaban J connectivity index is 0.000000236. The molecule has 1 saturated carbocycles. The van der Waals surface area contributed by atoms with Crippen LogP contribution in [-0.4, -0.2) is 5.43 Å². The Kier molecular flexibility index (Phi) is 16.1. The van der Waals surface area contributed by atoms with Crippen LogP contribution in [0.15, 0.2) is 109 Å². The Bertz CT molecular complexity index is 1940. The molecule has 50 heavy (non-hydrogen) atoms. The Morgan fingerprint density at radius 2 is 1.16 bits per heavy atom. The molecule has 0 unspecified atom stereocenters. The van der Waals surface area contributed by atoms with Crippen LogP contribution in [0, 0.1) is 6.92 Å². The van der Waals surface area contributed by atoms with Crippen molar-refractivity contribution in [2.45, 2.75) is 104 Å². The SMILES string of the molecule is CC(C)c1cc2c(-c3ccc(C(C)(C)C)cc3)cccc2[cH-]1.C[Si](C)=[Zr+2].Cc1cc2c(-c3ccc(C4CCCCC4)cc3)cccc2[cH-]1.[Cl-].[Cl-]. The number of benzene rings is 4. The number of aryl methyl sites for hydroxylation is 1. The summed E-state index contributed by atoms with van der Waals surface area (Å²) in [5.74, 6) is 1.36. The van der Waals surface area contributed by atoms with Crippen molar-refractivity contribution in [1.82, 2.24) is 0 Å². The molecular formula is C46H54Cl2SiZr-2. The van der Waals surface area contributed by atoms with Gasteiger partial charge in [-0.2, -0.15) is 12.1 Å². The minimum atomic E-state index is 0. The van der Waals surface area contributed by atoms with Gasteiger partial charge in [-0.05, 0) is 52.3 Å². The molecule has 0 atom stereocenters. The molecule has 0 saturated heterocycles. The first-order valence-electron chi connectivity index (χ1n) is 18.0. The number of fused-ring (bicyclic) bond motifs is 2. The summed E-state index contributed by atoms with van der Waals surface area (Å²) in [4.78, 5) is 0. The van der Waals surface area contributed by atoms with Gasteiger partial charge in [-0.25, -0.2) is 0 Å². The van der Waals surface area contributed by atoms with Crippen LogP contribution in [0.3, 0.4) is 0 Å². The molecule has 1 fully saturated rings. The predicted molar refractivity (Wildman–Crippen MR) is 211 cm³/mol. The summed E-state index contributed by atoms with van der Waals surface area (Å²) in [6, 6.07) is 40.9. The van der Waals surface area contributed by atoms with E-state index >= 15 is 0 Å². The zero-order chi connectivity index (χ0) is 34.4. The van der Waals surface area contributed by atoms with E-state index in [1.807, 2.05) is 0 Å². The van der Waals surface area contributed by atoms with Crippen molar-refractivity contribution in [1.29, 1.82) is 0 Å². The molecule has 6 aromatic carbocycles. The minimum Gasteiger partial charge on any atom is -1.00 e. The molecule has 1 aliphatic rings. The zero-order valence-corrected chi connectivity index (χ0v) is 36.3. The molecular weight excluding hydrogens is 743 g/mol. The van der Waals surface area contributed by atoms with Crippen LogP contribution in [-0.2, 0) is 28.8 Å². The largest absolute Gasteiger partial charge is 1.00 e. The van der Waals surface area contributed by atoms with E-state index in [-0.39, 0.29) is 35.7 Å². The summed E-state index contributed by atoms with van der Waals surface area (Å²) in [7, 11) is 0. The molecule has 0 spiro atoms. The fourth-order valence-electron chi connectivity index (χ4n) is 7.00. The molecule has 0 amide bonds. The topological polar surface area (TPSA) is 0 Å². The van der Waals surface area contributed by atoms with Gasteiger partial charge in [0.2, 0.25) is 0 Å². The van der Waals surface area contributed by atoms with Crippen molar-refractivity contribution in [3.63, 3.8) is 0 Å². The fraction of sp³-hybridized carbons (Fsp3) is 0.348. The third-order valence-corrected chi connectivity index (χ3v) is 9.69. The Hall–Kier alpha value is -2.22. The Morgan fingerprint density at radius 3 is 1.66 bits per heavy atom. The molecule has 0 aliphatic heterocycles. The molecule has 0 bridgehead atoms. The second kappa shape index (κ2) is 19.0. The monoisotopic (exact) mass is 794 g/mol. The molecule has 6 aromatic rings. The molecule has 1 aliphatic carbocycles. The van der Waals surface area contributed by atoms with Crippen molar-refractivity contribution < 1.29 is 48.1 Å². The second-order valence-electron chi connectivity index (χ2n) is 15.4. The summed E-state index contributed by atoms with van der Waals surface area (Å²) >= 11 is 1.74. The van der Waals surface area contributed by atoms with Gasteiger partial charge in [0.15, 0.2) is 0 Å². The van der Waals surface area contributed by atoms with E-state index in [1.54, 1.807) is 23.3 Å². The summed E-state index contributed by atoms with van der Waals surface area (Å²) in [5, 5.41) is 5.45. The molecule has 0 heterocycles. The van der Waals surface area contributed by atoms with Crippen LogP contribution in [0.5, 0.6) is 0 Å².